The highest BCUT2D eigenvalue weighted by Crippen LogP contribution is 2.25. The fourth-order valence-corrected chi connectivity index (χ4v) is 2.97. The molecular formula is C15H18N2O2S. The Morgan fingerprint density at radius 2 is 2.05 bits per heavy atom. The lowest BCUT2D eigenvalue weighted by atomic mass is 10.1. The lowest BCUT2D eigenvalue weighted by Gasteiger charge is -2.13. The Balaban J connectivity index is 2.15. The van der Waals surface area contributed by atoms with Crippen molar-refractivity contribution in [2.24, 2.45) is 0 Å². The second kappa shape index (κ2) is 5.63. The first-order valence-corrected chi connectivity index (χ1v) is 7.24. The molecule has 1 heterocycles. The maximum atomic E-state index is 12.2. The highest BCUT2D eigenvalue weighted by molar-refractivity contribution is 7.11. The Morgan fingerprint density at radius 1 is 1.35 bits per heavy atom. The fraction of sp³-hybridized carbons (Fsp3) is 0.333. The van der Waals surface area contributed by atoms with Gasteiger partial charge in [-0.3, -0.25) is 4.79 Å². The molecule has 0 aliphatic rings. The van der Waals surface area contributed by atoms with Crippen molar-refractivity contribution in [3.8, 4) is 5.75 Å². The van der Waals surface area contributed by atoms with Gasteiger partial charge in [-0.05, 0) is 45.4 Å². The van der Waals surface area contributed by atoms with Gasteiger partial charge in [-0.25, -0.2) is 4.98 Å². The minimum Gasteiger partial charge on any atom is -0.508 e. The van der Waals surface area contributed by atoms with E-state index in [0.29, 0.717) is 5.56 Å². The summed E-state index contributed by atoms with van der Waals surface area (Å²) in [6.07, 6.45) is 0. The summed E-state index contributed by atoms with van der Waals surface area (Å²) in [6.45, 7) is 7.63. The van der Waals surface area contributed by atoms with E-state index < -0.39 is 0 Å². The standard InChI is InChI=1S/C15H18N2O2S/c1-8-5-6-12(7-13(8)18)15(19)17-10(3)14-9(2)16-11(4)20-14/h5-7,10,18H,1-4H3,(H,17,19). The van der Waals surface area contributed by atoms with Crippen LogP contribution in [0.5, 0.6) is 5.75 Å². The van der Waals surface area contributed by atoms with Crippen LogP contribution < -0.4 is 5.32 Å². The summed E-state index contributed by atoms with van der Waals surface area (Å²) >= 11 is 1.59. The van der Waals surface area contributed by atoms with E-state index in [1.54, 1.807) is 30.4 Å². The molecule has 0 spiro atoms. The summed E-state index contributed by atoms with van der Waals surface area (Å²) in [5.74, 6) is -0.0617. The molecule has 1 amide bonds. The van der Waals surface area contributed by atoms with E-state index in [2.05, 4.69) is 10.3 Å². The molecule has 5 heteroatoms. The van der Waals surface area contributed by atoms with Gasteiger partial charge in [-0.2, -0.15) is 0 Å². The van der Waals surface area contributed by atoms with Crippen LogP contribution in [0.3, 0.4) is 0 Å². The first kappa shape index (κ1) is 14.5. The molecule has 0 aliphatic carbocycles. The number of phenolic OH excluding ortho intramolecular Hbond substituents is 1. The van der Waals surface area contributed by atoms with Crippen molar-refractivity contribution in [2.75, 3.05) is 0 Å². The molecule has 2 aromatic rings. The van der Waals surface area contributed by atoms with E-state index in [9.17, 15) is 9.90 Å². The number of thiazole rings is 1. The Bertz CT molecular complexity index is 649. The number of hydrogen-bond acceptors (Lipinski definition) is 4. The van der Waals surface area contributed by atoms with Gasteiger partial charge < -0.3 is 10.4 Å². The number of carbonyl (C=O) groups excluding carboxylic acids is 1. The average molecular weight is 290 g/mol. The maximum absolute atomic E-state index is 12.2. The zero-order valence-corrected chi connectivity index (χ0v) is 12.8. The Morgan fingerprint density at radius 3 is 2.60 bits per heavy atom. The van der Waals surface area contributed by atoms with Crippen LogP contribution >= 0.6 is 11.3 Å². The summed E-state index contributed by atoms with van der Waals surface area (Å²) < 4.78 is 0. The Kier molecular flexibility index (Phi) is 4.09. The van der Waals surface area contributed by atoms with Gasteiger partial charge in [0.05, 0.1) is 16.7 Å². The number of aromatic nitrogens is 1. The molecule has 20 heavy (non-hydrogen) atoms. The van der Waals surface area contributed by atoms with Crippen molar-refractivity contribution in [1.82, 2.24) is 10.3 Å². The molecule has 0 bridgehead atoms. The van der Waals surface area contributed by atoms with Crippen LogP contribution in [-0.2, 0) is 0 Å². The number of phenols is 1. The number of nitrogens with one attached hydrogen (secondary N) is 1. The van der Waals surface area contributed by atoms with Crippen molar-refractivity contribution in [2.45, 2.75) is 33.7 Å². The van der Waals surface area contributed by atoms with E-state index >= 15 is 0 Å². The van der Waals surface area contributed by atoms with Crippen molar-refractivity contribution in [3.05, 3.63) is 44.9 Å². The molecule has 0 saturated carbocycles. The number of carbonyl (C=O) groups is 1. The molecule has 0 fully saturated rings. The minimum atomic E-state index is -0.196. The van der Waals surface area contributed by atoms with E-state index in [4.69, 9.17) is 0 Å². The van der Waals surface area contributed by atoms with E-state index in [1.165, 1.54) is 6.07 Å². The van der Waals surface area contributed by atoms with Gasteiger partial charge in [0.15, 0.2) is 0 Å². The molecular weight excluding hydrogens is 272 g/mol. The fourth-order valence-electron chi connectivity index (χ4n) is 2.04. The lowest BCUT2D eigenvalue weighted by Crippen LogP contribution is -2.26. The van der Waals surface area contributed by atoms with Gasteiger partial charge in [0, 0.05) is 10.4 Å². The molecule has 106 valence electrons. The summed E-state index contributed by atoms with van der Waals surface area (Å²) in [7, 11) is 0. The number of nitrogens with zero attached hydrogens (tertiary/aromatic N) is 1. The molecule has 1 unspecified atom stereocenters. The molecule has 0 radical (unpaired) electrons. The third-order valence-electron chi connectivity index (χ3n) is 3.15. The lowest BCUT2D eigenvalue weighted by molar-refractivity contribution is 0.0940. The largest absolute Gasteiger partial charge is 0.508 e. The van der Waals surface area contributed by atoms with Crippen LogP contribution in [0.1, 0.15) is 44.5 Å². The summed E-state index contributed by atoms with van der Waals surface area (Å²) in [5, 5.41) is 13.6. The highest BCUT2D eigenvalue weighted by Gasteiger charge is 2.16. The second-order valence-electron chi connectivity index (χ2n) is 4.88. The van der Waals surface area contributed by atoms with Gasteiger partial charge in [-0.1, -0.05) is 6.07 Å². The Labute approximate surface area is 122 Å². The molecule has 1 aromatic carbocycles. The van der Waals surface area contributed by atoms with Crippen LogP contribution in [-0.4, -0.2) is 16.0 Å². The maximum Gasteiger partial charge on any atom is 0.251 e. The predicted octanol–water partition coefficient (Wildman–Crippen LogP) is 3.26. The number of benzene rings is 1. The molecule has 2 N–H and O–H groups in total. The number of amides is 1. The van der Waals surface area contributed by atoms with Crippen molar-refractivity contribution in [1.29, 1.82) is 0 Å². The molecule has 0 saturated heterocycles. The van der Waals surface area contributed by atoms with Gasteiger partial charge in [0.25, 0.3) is 5.91 Å². The van der Waals surface area contributed by atoms with Crippen LogP contribution in [0.15, 0.2) is 18.2 Å². The van der Waals surface area contributed by atoms with Gasteiger partial charge in [0.1, 0.15) is 5.75 Å². The van der Waals surface area contributed by atoms with Crippen LogP contribution in [0.2, 0.25) is 0 Å². The molecule has 2 rings (SSSR count). The van der Waals surface area contributed by atoms with Crippen molar-refractivity contribution < 1.29 is 9.90 Å². The topological polar surface area (TPSA) is 62.2 Å². The van der Waals surface area contributed by atoms with Crippen LogP contribution in [0.25, 0.3) is 0 Å². The zero-order chi connectivity index (χ0) is 14.9. The number of rotatable bonds is 3. The summed E-state index contributed by atoms with van der Waals surface area (Å²) in [6, 6.07) is 4.83. The monoisotopic (exact) mass is 290 g/mol. The SMILES string of the molecule is Cc1nc(C)c(C(C)NC(=O)c2ccc(C)c(O)c2)s1. The van der Waals surface area contributed by atoms with E-state index in [-0.39, 0.29) is 17.7 Å². The van der Waals surface area contributed by atoms with Crippen LogP contribution in [0, 0.1) is 20.8 Å². The highest BCUT2D eigenvalue weighted by atomic mass is 32.1. The number of aromatic hydroxyl groups is 1. The average Bonchev–Trinajstić information content (AvgIpc) is 2.71. The first-order valence-electron chi connectivity index (χ1n) is 6.43. The normalized spacial score (nSPS) is 12.2. The van der Waals surface area contributed by atoms with Crippen molar-refractivity contribution in [3.63, 3.8) is 0 Å². The zero-order valence-electron chi connectivity index (χ0n) is 12.0. The quantitative estimate of drug-likeness (QED) is 0.912. The van der Waals surface area contributed by atoms with Crippen molar-refractivity contribution >= 4 is 17.2 Å². The third kappa shape index (κ3) is 2.99. The van der Waals surface area contributed by atoms with E-state index in [1.807, 2.05) is 20.8 Å². The smallest absolute Gasteiger partial charge is 0.251 e. The summed E-state index contributed by atoms with van der Waals surface area (Å²) in [4.78, 5) is 17.6. The number of aryl methyl sites for hydroxylation is 3. The molecule has 1 aromatic heterocycles. The third-order valence-corrected chi connectivity index (χ3v) is 4.41. The number of hydrogen-bond donors (Lipinski definition) is 2. The van der Waals surface area contributed by atoms with E-state index in [0.717, 1.165) is 21.1 Å². The molecule has 4 nitrogen and oxygen atoms in total. The Hall–Kier alpha value is -1.88. The molecule has 0 aliphatic heterocycles. The predicted molar refractivity (Wildman–Crippen MR) is 80.3 cm³/mol. The van der Waals surface area contributed by atoms with Gasteiger partial charge in [-0.15, -0.1) is 11.3 Å². The minimum absolute atomic E-state index is 0.0999. The van der Waals surface area contributed by atoms with Crippen LogP contribution in [0.4, 0.5) is 0 Å². The van der Waals surface area contributed by atoms with Gasteiger partial charge in [0.2, 0.25) is 0 Å². The molecule has 1 atom stereocenters. The second-order valence-corrected chi connectivity index (χ2v) is 6.11. The first-order chi connectivity index (χ1) is 9.38. The summed E-state index contributed by atoms with van der Waals surface area (Å²) in [5.41, 5.74) is 2.16. The van der Waals surface area contributed by atoms with Gasteiger partial charge >= 0.3 is 0 Å².